The van der Waals surface area contributed by atoms with Gasteiger partial charge in [0.2, 0.25) is 0 Å². The van der Waals surface area contributed by atoms with Crippen LogP contribution < -0.4 is 21.2 Å². The monoisotopic (exact) mass is 548 g/mol. The number of H-pyrrole nitrogens is 1. The van der Waals surface area contributed by atoms with Gasteiger partial charge in [0.25, 0.3) is 0 Å². The first-order valence-electron chi connectivity index (χ1n) is 13.8. The molecule has 0 saturated carbocycles. The standard InChI is InChI=1S/C36H41FN4/c1-10-28(22-31(11-2)38-25(7)20-23(4)5)24(6)21-33-34(12-3)40-41-36(33)27(9)39-35-15-13-14-32(26(35)8)29-16-18-30(37)19-17-29/h10-19,21-23,38-40H,2,6-7,9,20H2,1,3-5,8H3/b28-10+,31-22+,33-21+,34-12+. The molecule has 0 atom stereocenters. The van der Waals surface area contributed by atoms with E-state index in [0.29, 0.717) is 17.3 Å². The quantitative estimate of drug-likeness (QED) is 0.202. The van der Waals surface area contributed by atoms with Crippen molar-refractivity contribution in [3.63, 3.8) is 0 Å². The molecule has 0 fully saturated rings. The first-order chi connectivity index (χ1) is 19.6. The molecular formula is C36H41FN4. The highest BCUT2D eigenvalue weighted by Gasteiger charge is 2.12. The average molecular weight is 549 g/mol. The Hall–Kier alpha value is -4.64. The Morgan fingerprint density at radius 2 is 1.78 bits per heavy atom. The van der Waals surface area contributed by atoms with Crippen LogP contribution in [0.1, 0.15) is 45.4 Å². The molecule has 3 N–H and O–H groups in total. The summed E-state index contributed by atoms with van der Waals surface area (Å²) in [6.07, 6.45) is 10.7. The van der Waals surface area contributed by atoms with Crippen LogP contribution in [0.2, 0.25) is 0 Å². The summed E-state index contributed by atoms with van der Waals surface area (Å²) in [4.78, 5) is 0. The van der Waals surface area contributed by atoms with Crippen molar-refractivity contribution in [1.29, 1.82) is 0 Å². The normalized spacial score (nSPS) is 13.0. The minimum Gasteiger partial charge on any atom is -0.359 e. The minimum absolute atomic E-state index is 0.258. The van der Waals surface area contributed by atoms with Crippen molar-refractivity contribution in [2.75, 3.05) is 5.32 Å². The minimum atomic E-state index is -0.258. The Morgan fingerprint density at radius 3 is 2.39 bits per heavy atom. The van der Waals surface area contributed by atoms with Gasteiger partial charge in [-0.05, 0) is 97.4 Å². The van der Waals surface area contributed by atoms with E-state index in [9.17, 15) is 4.39 Å². The number of halogens is 1. The fraction of sp³-hybridized carbons (Fsp3) is 0.194. The molecule has 5 heteroatoms. The smallest absolute Gasteiger partial charge is 0.123 e. The molecule has 0 spiro atoms. The number of nitrogens with zero attached hydrogens (tertiary/aromatic N) is 1. The molecule has 41 heavy (non-hydrogen) atoms. The average Bonchev–Trinajstić information content (AvgIpc) is 3.34. The number of anilines is 1. The van der Waals surface area contributed by atoms with Crippen molar-refractivity contribution in [2.24, 2.45) is 5.92 Å². The molecule has 0 bridgehead atoms. The fourth-order valence-electron chi connectivity index (χ4n) is 4.58. The van der Waals surface area contributed by atoms with E-state index in [2.05, 4.69) is 61.0 Å². The highest BCUT2D eigenvalue weighted by atomic mass is 19.1. The number of hydrogen-bond donors (Lipinski definition) is 3. The number of hydrogen-bond acceptors (Lipinski definition) is 3. The summed E-state index contributed by atoms with van der Waals surface area (Å²) in [7, 11) is 0. The first-order valence-corrected chi connectivity index (χ1v) is 13.8. The molecule has 2 aromatic carbocycles. The third-order valence-corrected chi connectivity index (χ3v) is 6.69. The number of nitrogens with one attached hydrogen (secondary N) is 3. The van der Waals surface area contributed by atoms with Crippen molar-refractivity contribution in [1.82, 2.24) is 15.5 Å². The fourth-order valence-corrected chi connectivity index (χ4v) is 4.58. The van der Waals surface area contributed by atoms with E-state index in [1.807, 2.05) is 63.3 Å². The second kappa shape index (κ2) is 14.1. The van der Waals surface area contributed by atoms with Crippen molar-refractivity contribution in [3.05, 3.63) is 137 Å². The molecule has 3 aromatic rings. The third kappa shape index (κ3) is 7.95. The zero-order valence-electron chi connectivity index (χ0n) is 24.9. The Morgan fingerprint density at radius 1 is 1.07 bits per heavy atom. The predicted molar refractivity (Wildman–Crippen MR) is 175 cm³/mol. The number of rotatable bonds is 12. The lowest BCUT2D eigenvalue weighted by atomic mass is 9.99. The molecule has 0 aliphatic heterocycles. The molecule has 212 valence electrons. The van der Waals surface area contributed by atoms with Crippen molar-refractivity contribution < 1.29 is 4.39 Å². The van der Waals surface area contributed by atoms with Crippen molar-refractivity contribution in [2.45, 2.75) is 41.0 Å². The van der Waals surface area contributed by atoms with Crippen LogP contribution in [0.4, 0.5) is 10.1 Å². The van der Waals surface area contributed by atoms with Gasteiger partial charge in [0, 0.05) is 22.3 Å². The van der Waals surface area contributed by atoms with Crippen LogP contribution in [0.3, 0.4) is 0 Å². The zero-order chi connectivity index (χ0) is 30.1. The molecule has 4 nitrogen and oxygen atoms in total. The summed E-state index contributed by atoms with van der Waals surface area (Å²) in [5, 5.41) is 16.3. The lowest BCUT2D eigenvalue weighted by Gasteiger charge is -2.15. The predicted octanol–water partition coefficient (Wildman–Crippen LogP) is 7.91. The SMILES string of the molecule is C=C/C(=C\C(=C/C)C(=C)/C=c1/c(C(=C)Nc2cccc(-c3ccc(F)cc3)c2C)n[nH]/c1=C/C)NC(=C)CC(C)C. The van der Waals surface area contributed by atoms with Gasteiger partial charge in [-0.2, -0.15) is 5.10 Å². The van der Waals surface area contributed by atoms with Crippen LogP contribution in [0.15, 0.2) is 110 Å². The van der Waals surface area contributed by atoms with Crippen molar-refractivity contribution >= 4 is 23.5 Å². The Balaban J connectivity index is 1.93. The second-order valence-corrected chi connectivity index (χ2v) is 10.3. The van der Waals surface area contributed by atoms with Gasteiger partial charge in [0.15, 0.2) is 0 Å². The molecule has 0 aliphatic rings. The molecule has 0 aliphatic carbocycles. The molecule has 0 radical (unpaired) electrons. The van der Waals surface area contributed by atoms with Gasteiger partial charge < -0.3 is 10.6 Å². The van der Waals surface area contributed by atoms with E-state index in [0.717, 1.165) is 61.9 Å². The van der Waals surface area contributed by atoms with Crippen molar-refractivity contribution in [3.8, 4) is 11.1 Å². The Labute approximate surface area is 243 Å². The van der Waals surface area contributed by atoms with E-state index < -0.39 is 0 Å². The summed E-state index contributed by atoms with van der Waals surface area (Å²) >= 11 is 0. The van der Waals surface area contributed by atoms with Gasteiger partial charge in [-0.1, -0.05) is 76.6 Å². The first kappa shape index (κ1) is 30.9. The van der Waals surface area contributed by atoms with Crippen LogP contribution in [0.25, 0.3) is 29.0 Å². The summed E-state index contributed by atoms with van der Waals surface area (Å²) in [6.45, 7) is 27.1. The summed E-state index contributed by atoms with van der Waals surface area (Å²) < 4.78 is 13.5. The highest BCUT2D eigenvalue weighted by Crippen LogP contribution is 2.30. The largest absolute Gasteiger partial charge is 0.359 e. The van der Waals surface area contributed by atoms with Crippen LogP contribution in [0, 0.1) is 18.7 Å². The maximum atomic E-state index is 13.5. The van der Waals surface area contributed by atoms with Gasteiger partial charge in [-0.25, -0.2) is 4.39 Å². The number of aromatic amines is 1. The van der Waals surface area contributed by atoms with E-state index >= 15 is 0 Å². The van der Waals surface area contributed by atoms with Crippen LogP contribution >= 0.6 is 0 Å². The molecule has 0 amide bonds. The van der Waals surface area contributed by atoms with Crippen LogP contribution in [0.5, 0.6) is 0 Å². The van der Waals surface area contributed by atoms with Crippen LogP contribution in [-0.4, -0.2) is 10.2 Å². The van der Waals surface area contributed by atoms with E-state index in [1.165, 1.54) is 12.1 Å². The lowest BCUT2D eigenvalue weighted by molar-refractivity contribution is 0.622. The van der Waals surface area contributed by atoms with Crippen LogP contribution in [-0.2, 0) is 0 Å². The molecule has 1 heterocycles. The van der Waals surface area contributed by atoms with Gasteiger partial charge >= 0.3 is 0 Å². The molecular weight excluding hydrogens is 507 g/mol. The van der Waals surface area contributed by atoms with E-state index in [4.69, 9.17) is 0 Å². The number of aromatic nitrogens is 2. The van der Waals surface area contributed by atoms with Gasteiger partial charge in [-0.15, -0.1) is 0 Å². The topological polar surface area (TPSA) is 52.7 Å². The van der Waals surface area contributed by atoms with Gasteiger partial charge in [0.1, 0.15) is 11.5 Å². The van der Waals surface area contributed by atoms with E-state index in [-0.39, 0.29) is 5.82 Å². The van der Waals surface area contributed by atoms with Gasteiger partial charge in [0.05, 0.1) is 11.0 Å². The van der Waals surface area contributed by atoms with Gasteiger partial charge in [-0.3, -0.25) is 5.10 Å². The Bertz CT molecular complexity index is 1630. The molecule has 0 saturated heterocycles. The second-order valence-electron chi connectivity index (χ2n) is 10.3. The highest BCUT2D eigenvalue weighted by molar-refractivity contribution is 5.81. The number of benzene rings is 2. The maximum absolute atomic E-state index is 13.5. The molecule has 1 aromatic heterocycles. The maximum Gasteiger partial charge on any atom is 0.123 e. The molecule has 3 rings (SSSR count). The summed E-state index contributed by atoms with van der Waals surface area (Å²) in [5.41, 5.74) is 8.77. The number of allylic oxidation sites excluding steroid dienone is 6. The molecule has 0 unspecified atom stereocenters. The Kier molecular flexibility index (Phi) is 10.6. The lowest BCUT2D eigenvalue weighted by Crippen LogP contribution is -2.25. The zero-order valence-corrected chi connectivity index (χ0v) is 24.9. The third-order valence-electron chi connectivity index (χ3n) is 6.69. The summed E-state index contributed by atoms with van der Waals surface area (Å²) in [6, 6.07) is 12.5. The summed E-state index contributed by atoms with van der Waals surface area (Å²) in [5.74, 6) is 0.247. The van der Waals surface area contributed by atoms with E-state index in [1.54, 1.807) is 18.2 Å².